The molecule has 2 N–H and O–H groups in total. The summed E-state index contributed by atoms with van der Waals surface area (Å²) in [5, 5.41) is 0. The number of methoxy groups -OCH3 is 1. The van der Waals surface area contributed by atoms with Crippen molar-refractivity contribution >= 4 is 6.09 Å². The van der Waals surface area contributed by atoms with Gasteiger partial charge in [0.25, 0.3) is 0 Å². The van der Waals surface area contributed by atoms with Gasteiger partial charge in [-0.15, -0.1) is 0 Å². The summed E-state index contributed by atoms with van der Waals surface area (Å²) in [5.74, 6) is 0. The van der Waals surface area contributed by atoms with Crippen molar-refractivity contribution in [1.29, 1.82) is 0 Å². The molecular formula is C9H19N3O2. The molecule has 1 saturated heterocycles. The second kappa shape index (κ2) is 5.17. The van der Waals surface area contributed by atoms with Crippen molar-refractivity contribution in [3.63, 3.8) is 0 Å². The van der Waals surface area contributed by atoms with Crippen molar-refractivity contribution in [2.45, 2.75) is 13.0 Å². The van der Waals surface area contributed by atoms with Gasteiger partial charge in [0.05, 0.1) is 7.11 Å². The molecule has 1 aliphatic heterocycles. The maximum atomic E-state index is 11.2. The lowest BCUT2D eigenvalue weighted by molar-refractivity contribution is 0.0897. The number of hydrogen-bond donors (Lipinski definition) is 1. The lowest BCUT2D eigenvalue weighted by atomic mass is 10.2. The second-order valence-corrected chi connectivity index (χ2v) is 3.73. The van der Waals surface area contributed by atoms with Crippen molar-refractivity contribution in [2.24, 2.45) is 5.73 Å². The van der Waals surface area contributed by atoms with Gasteiger partial charge in [-0.05, 0) is 6.92 Å². The first kappa shape index (κ1) is 11.3. The Balaban J connectivity index is 2.27. The highest BCUT2D eigenvalue weighted by Gasteiger charge is 2.21. The van der Waals surface area contributed by atoms with E-state index in [9.17, 15) is 4.79 Å². The van der Waals surface area contributed by atoms with E-state index in [1.54, 1.807) is 4.90 Å². The Morgan fingerprint density at radius 3 is 2.43 bits per heavy atom. The van der Waals surface area contributed by atoms with Crippen LogP contribution in [0.4, 0.5) is 4.79 Å². The molecule has 1 amide bonds. The first-order chi connectivity index (χ1) is 6.63. The average molecular weight is 201 g/mol. The number of nitrogens with two attached hydrogens (primary N) is 1. The highest BCUT2D eigenvalue weighted by Crippen LogP contribution is 2.03. The Hall–Kier alpha value is -0.810. The number of ether oxygens (including phenoxy) is 1. The molecule has 0 radical (unpaired) electrons. The van der Waals surface area contributed by atoms with E-state index in [0.717, 1.165) is 32.7 Å². The minimum atomic E-state index is -0.231. The molecule has 82 valence electrons. The number of nitrogens with zero attached hydrogens (tertiary/aromatic N) is 2. The smallest absolute Gasteiger partial charge is 0.409 e. The summed E-state index contributed by atoms with van der Waals surface area (Å²) in [7, 11) is 1.41. The Kier molecular flexibility index (Phi) is 4.16. The van der Waals surface area contributed by atoms with Crippen LogP contribution in [-0.4, -0.2) is 61.8 Å². The Labute approximate surface area is 84.8 Å². The number of hydrogen-bond acceptors (Lipinski definition) is 4. The Morgan fingerprint density at radius 2 is 2.00 bits per heavy atom. The van der Waals surface area contributed by atoms with Gasteiger partial charge in [0.15, 0.2) is 0 Å². The molecule has 1 fully saturated rings. The molecule has 0 bridgehead atoms. The summed E-state index contributed by atoms with van der Waals surface area (Å²) >= 11 is 0. The van der Waals surface area contributed by atoms with Crippen LogP contribution >= 0.6 is 0 Å². The Bertz CT molecular complexity index is 188. The molecule has 1 heterocycles. The van der Waals surface area contributed by atoms with Gasteiger partial charge in [0, 0.05) is 38.8 Å². The Morgan fingerprint density at radius 1 is 1.43 bits per heavy atom. The van der Waals surface area contributed by atoms with E-state index < -0.39 is 0 Å². The van der Waals surface area contributed by atoms with Crippen LogP contribution in [0.15, 0.2) is 0 Å². The van der Waals surface area contributed by atoms with E-state index >= 15 is 0 Å². The number of rotatable bonds is 2. The van der Waals surface area contributed by atoms with Crippen LogP contribution in [0, 0.1) is 0 Å². The molecule has 0 saturated carbocycles. The predicted octanol–water partition coefficient (Wildman–Crippen LogP) is -0.282. The van der Waals surface area contributed by atoms with Crippen LogP contribution < -0.4 is 5.73 Å². The molecular weight excluding hydrogens is 182 g/mol. The van der Waals surface area contributed by atoms with Crippen LogP contribution in [0.2, 0.25) is 0 Å². The largest absolute Gasteiger partial charge is 0.453 e. The standard InChI is InChI=1S/C9H19N3O2/c1-8(10)7-11-3-5-12(6-4-11)9(13)14-2/h8H,3-7,10H2,1-2H3. The lowest BCUT2D eigenvalue weighted by Gasteiger charge is -2.34. The monoisotopic (exact) mass is 201 g/mol. The summed E-state index contributed by atoms with van der Waals surface area (Å²) in [6, 6.07) is 0.194. The quantitative estimate of drug-likeness (QED) is 0.667. The SMILES string of the molecule is COC(=O)N1CCN(CC(C)N)CC1. The van der Waals surface area contributed by atoms with E-state index in [2.05, 4.69) is 9.64 Å². The molecule has 5 heteroatoms. The van der Waals surface area contributed by atoms with Crippen molar-refractivity contribution in [3.05, 3.63) is 0 Å². The summed E-state index contributed by atoms with van der Waals surface area (Å²) < 4.78 is 4.65. The maximum absolute atomic E-state index is 11.2. The van der Waals surface area contributed by atoms with Crippen LogP contribution in [0.25, 0.3) is 0 Å². The molecule has 0 spiro atoms. The van der Waals surface area contributed by atoms with Gasteiger partial charge in [-0.1, -0.05) is 0 Å². The third-order valence-corrected chi connectivity index (χ3v) is 2.35. The summed E-state index contributed by atoms with van der Waals surface area (Å²) in [6.45, 7) is 6.13. The predicted molar refractivity (Wildman–Crippen MR) is 54.1 cm³/mol. The van der Waals surface area contributed by atoms with E-state index in [1.165, 1.54) is 7.11 Å². The summed E-state index contributed by atoms with van der Waals surface area (Å²) in [6.07, 6.45) is -0.231. The van der Waals surface area contributed by atoms with Gasteiger partial charge in [-0.25, -0.2) is 4.79 Å². The first-order valence-electron chi connectivity index (χ1n) is 4.94. The zero-order chi connectivity index (χ0) is 10.6. The van der Waals surface area contributed by atoms with Crippen LogP contribution in [0.5, 0.6) is 0 Å². The third kappa shape index (κ3) is 3.16. The minimum absolute atomic E-state index is 0.194. The fourth-order valence-corrected chi connectivity index (χ4v) is 1.65. The third-order valence-electron chi connectivity index (χ3n) is 2.35. The number of piperazine rings is 1. The van der Waals surface area contributed by atoms with Gasteiger partial charge < -0.3 is 15.4 Å². The molecule has 1 aliphatic rings. The molecule has 5 nitrogen and oxygen atoms in total. The van der Waals surface area contributed by atoms with E-state index in [0.29, 0.717) is 0 Å². The molecule has 1 rings (SSSR count). The van der Waals surface area contributed by atoms with E-state index in [1.807, 2.05) is 6.92 Å². The van der Waals surface area contributed by atoms with Crippen molar-refractivity contribution in [2.75, 3.05) is 39.8 Å². The van der Waals surface area contributed by atoms with Gasteiger partial charge in [0.2, 0.25) is 0 Å². The summed E-state index contributed by atoms with van der Waals surface area (Å²) in [4.78, 5) is 15.1. The number of amides is 1. The van der Waals surface area contributed by atoms with Gasteiger partial charge in [0.1, 0.15) is 0 Å². The van der Waals surface area contributed by atoms with E-state index in [4.69, 9.17) is 5.73 Å². The first-order valence-corrected chi connectivity index (χ1v) is 4.94. The maximum Gasteiger partial charge on any atom is 0.409 e. The minimum Gasteiger partial charge on any atom is -0.453 e. The van der Waals surface area contributed by atoms with Gasteiger partial charge in [-0.3, -0.25) is 4.90 Å². The molecule has 0 aromatic carbocycles. The summed E-state index contributed by atoms with van der Waals surface area (Å²) in [5.41, 5.74) is 5.70. The second-order valence-electron chi connectivity index (χ2n) is 3.73. The number of carbonyl (C=O) groups is 1. The highest BCUT2D eigenvalue weighted by atomic mass is 16.5. The van der Waals surface area contributed by atoms with Crippen molar-refractivity contribution in [1.82, 2.24) is 9.80 Å². The normalized spacial score (nSPS) is 20.6. The van der Waals surface area contributed by atoms with Gasteiger partial charge in [-0.2, -0.15) is 0 Å². The zero-order valence-electron chi connectivity index (χ0n) is 8.90. The average Bonchev–Trinajstić information content (AvgIpc) is 2.17. The topological polar surface area (TPSA) is 58.8 Å². The fourth-order valence-electron chi connectivity index (χ4n) is 1.65. The molecule has 1 unspecified atom stereocenters. The molecule has 14 heavy (non-hydrogen) atoms. The highest BCUT2D eigenvalue weighted by molar-refractivity contribution is 5.67. The van der Waals surface area contributed by atoms with Crippen molar-refractivity contribution < 1.29 is 9.53 Å². The van der Waals surface area contributed by atoms with Crippen LogP contribution in [0.1, 0.15) is 6.92 Å². The number of carbonyl (C=O) groups excluding carboxylic acids is 1. The van der Waals surface area contributed by atoms with Gasteiger partial charge >= 0.3 is 6.09 Å². The molecule has 0 aromatic rings. The van der Waals surface area contributed by atoms with Crippen LogP contribution in [0.3, 0.4) is 0 Å². The fraction of sp³-hybridized carbons (Fsp3) is 0.889. The lowest BCUT2D eigenvalue weighted by Crippen LogP contribution is -2.51. The molecule has 1 atom stereocenters. The van der Waals surface area contributed by atoms with Crippen molar-refractivity contribution in [3.8, 4) is 0 Å². The van der Waals surface area contributed by atoms with E-state index in [-0.39, 0.29) is 12.1 Å². The molecule has 0 aromatic heterocycles. The van der Waals surface area contributed by atoms with Crippen LogP contribution in [-0.2, 0) is 4.74 Å². The zero-order valence-corrected chi connectivity index (χ0v) is 8.90. The molecule has 0 aliphatic carbocycles.